The largest absolute Gasteiger partial charge is 0.350 e. The molecule has 0 saturated carbocycles. The van der Waals surface area contributed by atoms with Gasteiger partial charge in [-0.3, -0.25) is 9.69 Å². The maximum atomic E-state index is 12.6. The summed E-state index contributed by atoms with van der Waals surface area (Å²) in [6.45, 7) is 11.2. The second-order valence-corrected chi connectivity index (χ2v) is 7.89. The van der Waals surface area contributed by atoms with E-state index in [2.05, 4.69) is 30.8 Å². The van der Waals surface area contributed by atoms with Crippen molar-refractivity contribution in [2.75, 3.05) is 32.7 Å². The first-order valence-electron chi connectivity index (χ1n) is 8.96. The van der Waals surface area contributed by atoms with Gasteiger partial charge < -0.3 is 9.42 Å². The molecule has 1 aliphatic heterocycles. The van der Waals surface area contributed by atoms with Crippen molar-refractivity contribution in [1.82, 2.24) is 15.0 Å². The van der Waals surface area contributed by atoms with Crippen LogP contribution in [0.3, 0.4) is 0 Å². The summed E-state index contributed by atoms with van der Waals surface area (Å²) in [6, 6.07) is 11.5. The molecule has 134 valence electrons. The van der Waals surface area contributed by atoms with E-state index >= 15 is 0 Å². The Morgan fingerprint density at radius 2 is 1.80 bits per heavy atom. The Hall–Kier alpha value is -2.14. The SMILES string of the molecule is CC(C)(C)CCN1CCN(C(=O)c2cc(-c3ccccc3)no2)CC1. The molecule has 5 heteroatoms. The molecule has 1 amide bonds. The number of benzene rings is 1. The van der Waals surface area contributed by atoms with Crippen LogP contribution in [0.4, 0.5) is 0 Å². The monoisotopic (exact) mass is 341 g/mol. The summed E-state index contributed by atoms with van der Waals surface area (Å²) in [5, 5.41) is 4.04. The minimum Gasteiger partial charge on any atom is -0.350 e. The van der Waals surface area contributed by atoms with Gasteiger partial charge in [-0.15, -0.1) is 0 Å². The minimum absolute atomic E-state index is 0.0647. The minimum atomic E-state index is -0.0647. The molecule has 0 atom stereocenters. The predicted molar refractivity (Wildman–Crippen MR) is 98.4 cm³/mol. The molecule has 1 aliphatic rings. The summed E-state index contributed by atoms with van der Waals surface area (Å²) in [4.78, 5) is 16.9. The fourth-order valence-corrected chi connectivity index (χ4v) is 2.94. The van der Waals surface area contributed by atoms with Gasteiger partial charge in [0, 0.05) is 37.8 Å². The van der Waals surface area contributed by atoms with Crippen LogP contribution in [0.25, 0.3) is 11.3 Å². The fourth-order valence-electron chi connectivity index (χ4n) is 2.94. The maximum Gasteiger partial charge on any atom is 0.292 e. The van der Waals surface area contributed by atoms with Crippen LogP contribution < -0.4 is 0 Å². The van der Waals surface area contributed by atoms with Gasteiger partial charge >= 0.3 is 0 Å². The van der Waals surface area contributed by atoms with Crippen molar-refractivity contribution in [3.8, 4) is 11.3 Å². The third-order valence-corrected chi connectivity index (χ3v) is 4.63. The van der Waals surface area contributed by atoms with Crippen molar-refractivity contribution in [3.05, 3.63) is 42.2 Å². The van der Waals surface area contributed by atoms with E-state index in [1.807, 2.05) is 35.2 Å². The van der Waals surface area contributed by atoms with E-state index < -0.39 is 0 Å². The zero-order valence-corrected chi connectivity index (χ0v) is 15.4. The summed E-state index contributed by atoms with van der Waals surface area (Å²) in [5.41, 5.74) is 2.01. The van der Waals surface area contributed by atoms with Gasteiger partial charge in [0.1, 0.15) is 5.69 Å². The molecule has 1 fully saturated rings. The number of hydrogen-bond acceptors (Lipinski definition) is 4. The number of hydrogen-bond donors (Lipinski definition) is 0. The molecule has 5 nitrogen and oxygen atoms in total. The average molecular weight is 341 g/mol. The van der Waals surface area contributed by atoms with Gasteiger partial charge in [-0.05, 0) is 18.4 Å². The molecule has 0 bridgehead atoms. The molecular weight excluding hydrogens is 314 g/mol. The highest BCUT2D eigenvalue weighted by Crippen LogP contribution is 2.21. The first kappa shape index (κ1) is 17.7. The lowest BCUT2D eigenvalue weighted by Gasteiger charge is -2.35. The Morgan fingerprint density at radius 3 is 2.44 bits per heavy atom. The second-order valence-electron chi connectivity index (χ2n) is 7.89. The molecule has 0 aliphatic carbocycles. The van der Waals surface area contributed by atoms with Crippen LogP contribution >= 0.6 is 0 Å². The lowest BCUT2D eigenvalue weighted by molar-refractivity contribution is 0.0584. The number of amides is 1. The standard InChI is InChI=1S/C20H27N3O2/c1-20(2,3)9-10-22-11-13-23(14-12-22)19(24)18-15-17(21-25-18)16-7-5-4-6-8-16/h4-8,15H,9-14H2,1-3H3. The predicted octanol–water partition coefficient (Wildman–Crippen LogP) is 3.54. The Bertz CT molecular complexity index is 695. The van der Waals surface area contributed by atoms with E-state index in [-0.39, 0.29) is 5.91 Å². The molecule has 2 aromatic rings. The highest BCUT2D eigenvalue weighted by molar-refractivity contribution is 5.92. The second kappa shape index (κ2) is 7.40. The van der Waals surface area contributed by atoms with E-state index in [0.29, 0.717) is 16.9 Å². The molecule has 1 aromatic heterocycles. The van der Waals surface area contributed by atoms with E-state index in [0.717, 1.165) is 38.3 Å². The Balaban J connectivity index is 1.56. The molecule has 0 N–H and O–H groups in total. The summed E-state index contributed by atoms with van der Waals surface area (Å²) in [7, 11) is 0. The molecule has 0 radical (unpaired) electrons. The van der Waals surface area contributed by atoms with Gasteiger partial charge in [-0.2, -0.15) is 0 Å². The van der Waals surface area contributed by atoms with Crippen LogP contribution in [-0.2, 0) is 0 Å². The summed E-state index contributed by atoms with van der Waals surface area (Å²) in [5.74, 6) is 0.257. The average Bonchev–Trinajstić information content (AvgIpc) is 3.10. The van der Waals surface area contributed by atoms with Crippen LogP contribution in [0.1, 0.15) is 37.7 Å². The molecule has 1 aromatic carbocycles. The van der Waals surface area contributed by atoms with Gasteiger partial charge in [0.15, 0.2) is 0 Å². The van der Waals surface area contributed by atoms with Crippen molar-refractivity contribution < 1.29 is 9.32 Å². The third-order valence-electron chi connectivity index (χ3n) is 4.63. The number of rotatable bonds is 4. The lowest BCUT2D eigenvalue weighted by Crippen LogP contribution is -2.49. The highest BCUT2D eigenvalue weighted by Gasteiger charge is 2.25. The number of carbonyl (C=O) groups is 1. The lowest BCUT2D eigenvalue weighted by atomic mass is 9.92. The summed E-state index contributed by atoms with van der Waals surface area (Å²) in [6.07, 6.45) is 1.17. The van der Waals surface area contributed by atoms with Crippen molar-refractivity contribution in [2.45, 2.75) is 27.2 Å². The van der Waals surface area contributed by atoms with Crippen LogP contribution in [0.5, 0.6) is 0 Å². The van der Waals surface area contributed by atoms with Gasteiger partial charge in [-0.1, -0.05) is 56.3 Å². The topological polar surface area (TPSA) is 49.6 Å². The molecule has 2 heterocycles. The summed E-state index contributed by atoms with van der Waals surface area (Å²) < 4.78 is 5.30. The van der Waals surface area contributed by atoms with Crippen LogP contribution in [0.2, 0.25) is 0 Å². The van der Waals surface area contributed by atoms with Crippen LogP contribution in [0, 0.1) is 5.41 Å². The number of aromatic nitrogens is 1. The van der Waals surface area contributed by atoms with Crippen molar-refractivity contribution in [2.24, 2.45) is 5.41 Å². The number of nitrogens with zero attached hydrogens (tertiary/aromatic N) is 3. The molecule has 0 unspecified atom stereocenters. The quantitative estimate of drug-likeness (QED) is 0.853. The molecule has 1 saturated heterocycles. The Morgan fingerprint density at radius 1 is 1.12 bits per heavy atom. The Kier molecular flexibility index (Phi) is 5.23. The van der Waals surface area contributed by atoms with Crippen molar-refractivity contribution in [1.29, 1.82) is 0 Å². The van der Waals surface area contributed by atoms with Crippen LogP contribution in [0.15, 0.2) is 40.9 Å². The zero-order valence-electron chi connectivity index (χ0n) is 15.4. The number of carbonyl (C=O) groups excluding carboxylic acids is 1. The molecule has 3 rings (SSSR count). The third kappa shape index (κ3) is 4.69. The van der Waals surface area contributed by atoms with Crippen molar-refractivity contribution in [3.63, 3.8) is 0 Å². The molecular formula is C20H27N3O2. The fraction of sp³-hybridized carbons (Fsp3) is 0.500. The first-order chi connectivity index (χ1) is 11.9. The number of piperazine rings is 1. The first-order valence-corrected chi connectivity index (χ1v) is 8.96. The van der Waals surface area contributed by atoms with E-state index in [9.17, 15) is 4.79 Å². The Labute approximate surface area is 149 Å². The van der Waals surface area contributed by atoms with Crippen molar-refractivity contribution >= 4 is 5.91 Å². The van der Waals surface area contributed by atoms with Crippen LogP contribution in [-0.4, -0.2) is 53.6 Å². The van der Waals surface area contributed by atoms with Gasteiger partial charge in [0.25, 0.3) is 5.91 Å². The molecule has 0 spiro atoms. The summed E-state index contributed by atoms with van der Waals surface area (Å²) >= 11 is 0. The molecule has 25 heavy (non-hydrogen) atoms. The maximum absolute atomic E-state index is 12.6. The van der Waals surface area contributed by atoms with E-state index in [1.54, 1.807) is 6.07 Å². The van der Waals surface area contributed by atoms with Gasteiger partial charge in [0.05, 0.1) is 0 Å². The van der Waals surface area contributed by atoms with E-state index in [4.69, 9.17) is 4.52 Å². The smallest absolute Gasteiger partial charge is 0.292 e. The highest BCUT2D eigenvalue weighted by atomic mass is 16.5. The normalized spacial score (nSPS) is 16.2. The van der Waals surface area contributed by atoms with Gasteiger partial charge in [-0.25, -0.2) is 0 Å². The van der Waals surface area contributed by atoms with Gasteiger partial charge in [0.2, 0.25) is 5.76 Å². The zero-order chi connectivity index (χ0) is 17.9. The van der Waals surface area contributed by atoms with E-state index in [1.165, 1.54) is 6.42 Å².